The third-order valence-electron chi connectivity index (χ3n) is 2.97. The van der Waals surface area contributed by atoms with E-state index in [1.807, 2.05) is 13.8 Å². The van der Waals surface area contributed by atoms with E-state index >= 15 is 0 Å². The highest BCUT2D eigenvalue weighted by Crippen LogP contribution is 2.23. The Hall–Kier alpha value is -2.17. The largest absolute Gasteiger partial charge is 0.476 e. The van der Waals surface area contributed by atoms with Gasteiger partial charge in [-0.25, -0.2) is 9.18 Å². The van der Waals surface area contributed by atoms with E-state index in [0.29, 0.717) is 12.0 Å². The number of hydrogen-bond acceptors (Lipinski definition) is 2. The number of hydrogen-bond donors (Lipinski definition) is 2. The van der Waals surface area contributed by atoms with E-state index in [9.17, 15) is 9.18 Å². The molecule has 0 amide bonds. The van der Waals surface area contributed by atoms with Gasteiger partial charge in [-0.2, -0.15) is 5.10 Å². The van der Waals surface area contributed by atoms with Crippen molar-refractivity contribution in [2.24, 2.45) is 0 Å². The van der Waals surface area contributed by atoms with Crippen LogP contribution in [0.1, 0.15) is 47.1 Å². The summed E-state index contributed by atoms with van der Waals surface area (Å²) < 4.78 is 12.9. The number of aromatic carboxylic acids is 1. The second-order valence-corrected chi connectivity index (χ2v) is 4.73. The van der Waals surface area contributed by atoms with Crippen LogP contribution in [0, 0.1) is 5.82 Å². The first-order chi connectivity index (χ1) is 8.99. The highest BCUT2D eigenvalue weighted by atomic mass is 19.1. The van der Waals surface area contributed by atoms with Crippen LogP contribution in [-0.2, 0) is 6.42 Å². The smallest absolute Gasteiger partial charge is 0.356 e. The number of aromatic amines is 1. The molecule has 0 saturated carbocycles. The van der Waals surface area contributed by atoms with Crippen LogP contribution >= 0.6 is 0 Å². The number of H-pyrrole nitrogens is 1. The molecule has 1 aromatic heterocycles. The second-order valence-electron chi connectivity index (χ2n) is 4.73. The van der Waals surface area contributed by atoms with E-state index in [1.54, 1.807) is 12.1 Å². The summed E-state index contributed by atoms with van der Waals surface area (Å²) in [5.41, 5.74) is 2.36. The first-order valence-corrected chi connectivity index (χ1v) is 6.04. The maximum Gasteiger partial charge on any atom is 0.356 e. The van der Waals surface area contributed by atoms with E-state index in [1.165, 1.54) is 12.1 Å². The molecule has 0 aliphatic rings. The van der Waals surface area contributed by atoms with Crippen LogP contribution < -0.4 is 0 Å². The fourth-order valence-electron chi connectivity index (χ4n) is 2.02. The van der Waals surface area contributed by atoms with Crippen LogP contribution in [0.2, 0.25) is 0 Å². The second kappa shape index (κ2) is 5.22. The van der Waals surface area contributed by atoms with Crippen molar-refractivity contribution in [3.05, 3.63) is 52.6 Å². The van der Waals surface area contributed by atoms with E-state index in [0.717, 1.165) is 11.3 Å². The van der Waals surface area contributed by atoms with Crippen molar-refractivity contribution >= 4 is 5.97 Å². The van der Waals surface area contributed by atoms with Gasteiger partial charge in [0, 0.05) is 17.7 Å². The summed E-state index contributed by atoms with van der Waals surface area (Å²) in [6, 6.07) is 6.03. The summed E-state index contributed by atoms with van der Waals surface area (Å²) in [6.45, 7) is 3.93. The van der Waals surface area contributed by atoms with Gasteiger partial charge in [0.1, 0.15) is 5.82 Å². The molecule has 0 aliphatic carbocycles. The van der Waals surface area contributed by atoms with Crippen molar-refractivity contribution in [1.29, 1.82) is 0 Å². The number of benzene rings is 1. The quantitative estimate of drug-likeness (QED) is 0.890. The Morgan fingerprint density at radius 1 is 1.37 bits per heavy atom. The van der Waals surface area contributed by atoms with Crippen LogP contribution in [0.25, 0.3) is 0 Å². The zero-order chi connectivity index (χ0) is 14.0. The number of carboxylic acids is 1. The van der Waals surface area contributed by atoms with Gasteiger partial charge in [0.05, 0.1) is 0 Å². The normalized spacial score (nSPS) is 10.9. The monoisotopic (exact) mass is 262 g/mol. The molecule has 4 nitrogen and oxygen atoms in total. The van der Waals surface area contributed by atoms with Crippen LogP contribution in [0.3, 0.4) is 0 Å². The molecule has 0 fully saturated rings. The fraction of sp³-hybridized carbons (Fsp3) is 0.286. The van der Waals surface area contributed by atoms with Crippen molar-refractivity contribution in [2.45, 2.75) is 26.2 Å². The first-order valence-electron chi connectivity index (χ1n) is 6.04. The Bertz CT molecular complexity index is 588. The number of nitrogens with zero attached hydrogens (tertiary/aromatic N) is 1. The Labute approximate surface area is 110 Å². The summed E-state index contributed by atoms with van der Waals surface area (Å²) in [5, 5.41) is 15.8. The van der Waals surface area contributed by atoms with Gasteiger partial charge in [-0.3, -0.25) is 5.10 Å². The molecule has 0 radical (unpaired) electrons. The molecule has 5 heteroatoms. The molecule has 19 heavy (non-hydrogen) atoms. The Kier molecular flexibility index (Phi) is 3.64. The summed E-state index contributed by atoms with van der Waals surface area (Å²) in [5.74, 6) is -1.21. The Balaban J connectivity index is 2.39. The van der Waals surface area contributed by atoms with Gasteiger partial charge in [-0.05, 0) is 23.6 Å². The van der Waals surface area contributed by atoms with Gasteiger partial charge in [0.2, 0.25) is 0 Å². The molecule has 0 atom stereocenters. The molecular weight excluding hydrogens is 247 g/mol. The number of carboxylic acid groups (broad SMARTS) is 1. The zero-order valence-corrected chi connectivity index (χ0v) is 10.8. The van der Waals surface area contributed by atoms with Crippen molar-refractivity contribution in [1.82, 2.24) is 10.2 Å². The van der Waals surface area contributed by atoms with Crippen LogP contribution in [-0.4, -0.2) is 21.3 Å². The van der Waals surface area contributed by atoms with Gasteiger partial charge < -0.3 is 5.11 Å². The average molecular weight is 262 g/mol. The minimum absolute atomic E-state index is 0.0352. The van der Waals surface area contributed by atoms with Gasteiger partial charge in [-0.15, -0.1) is 0 Å². The third kappa shape index (κ3) is 2.81. The van der Waals surface area contributed by atoms with Crippen LogP contribution in [0.15, 0.2) is 24.3 Å². The predicted octanol–water partition coefficient (Wildman–Crippen LogP) is 2.96. The first kappa shape index (κ1) is 13.3. The summed E-state index contributed by atoms with van der Waals surface area (Å²) >= 11 is 0. The number of aromatic nitrogens is 2. The van der Waals surface area contributed by atoms with Crippen molar-refractivity contribution in [3.63, 3.8) is 0 Å². The molecule has 2 N–H and O–H groups in total. The Morgan fingerprint density at radius 2 is 2.00 bits per heavy atom. The van der Waals surface area contributed by atoms with E-state index < -0.39 is 5.97 Å². The highest BCUT2D eigenvalue weighted by molar-refractivity contribution is 5.87. The van der Waals surface area contributed by atoms with Gasteiger partial charge in [0.25, 0.3) is 0 Å². The molecule has 1 heterocycles. The van der Waals surface area contributed by atoms with Crippen LogP contribution in [0.5, 0.6) is 0 Å². The lowest BCUT2D eigenvalue weighted by Gasteiger charge is -2.07. The maximum atomic E-state index is 12.9. The molecule has 2 aromatic rings. The van der Waals surface area contributed by atoms with Gasteiger partial charge in [-0.1, -0.05) is 26.0 Å². The van der Waals surface area contributed by atoms with Crippen molar-refractivity contribution in [3.8, 4) is 0 Å². The zero-order valence-electron chi connectivity index (χ0n) is 10.8. The lowest BCUT2D eigenvalue weighted by Crippen LogP contribution is -2.04. The molecule has 0 unspecified atom stereocenters. The molecule has 0 bridgehead atoms. The van der Waals surface area contributed by atoms with Gasteiger partial charge in [0.15, 0.2) is 5.69 Å². The number of rotatable bonds is 4. The third-order valence-corrected chi connectivity index (χ3v) is 2.97. The van der Waals surface area contributed by atoms with E-state index in [4.69, 9.17) is 5.11 Å². The SMILES string of the molecule is CC(C)c1[nH]nc(C(=O)O)c1Cc1ccc(F)cc1. The number of halogens is 1. The summed E-state index contributed by atoms with van der Waals surface area (Å²) in [7, 11) is 0. The van der Waals surface area contributed by atoms with E-state index in [2.05, 4.69) is 10.2 Å². The Morgan fingerprint density at radius 3 is 2.53 bits per heavy atom. The van der Waals surface area contributed by atoms with Gasteiger partial charge >= 0.3 is 5.97 Å². The van der Waals surface area contributed by atoms with Crippen molar-refractivity contribution < 1.29 is 14.3 Å². The highest BCUT2D eigenvalue weighted by Gasteiger charge is 2.20. The predicted molar refractivity (Wildman–Crippen MR) is 68.8 cm³/mol. The lowest BCUT2D eigenvalue weighted by atomic mass is 9.97. The number of carbonyl (C=O) groups is 1. The van der Waals surface area contributed by atoms with Crippen molar-refractivity contribution in [2.75, 3.05) is 0 Å². The topological polar surface area (TPSA) is 66.0 Å². The molecular formula is C14H15FN2O2. The standard InChI is InChI=1S/C14H15FN2O2/c1-8(2)12-11(13(14(18)19)17-16-12)7-9-3-5-10(15)6-4-9/h3-6,8H,7H2,1-2H3,(H,16,17)(H,18,19). The summed E-state index contributed by atoms with van der Waals surface area (Å²) in [4.78, 5) is 11.2. The molecule has 0 spiro atoms. The maximum absolute atomic E-state index is 12.9. The number of nitrogens with one attached hydrogen (secondary N) is 1. The summed E-state index contributed by atoms with van der Waals surface area (Å²) in [6.07, 6.45) is 0.423. The minimum atomic E-state index is -1.06. The molecule has 2 rings (SSSR count). The van der Waals surface area contributed by atoms with E-state index in [-0.39, 0.29) is 17.4 Å². The minimum Gasteiger partial charge on any atom is -0.476 e. The molecule has 1 aromatic carbocycles. The fourth-order valence-corrected chi connectivity index (χ4v) is 2.02. The molecule has 0 aliphatic heterocycles. The average Bonchev–Trinajstić information content (AvgIpc) is 2.76. The molecule has 100 valence electrons. The molecule has 0 saturated heterocycles. The van der Waals surface area contributed by atoms with Crippen LogP contribution in [0.4, 0.5) is 4.39 Å². The lowest BCUT2D eigenvalue weighted by molar-refractivity contribution is 0.0689.